The minimum Gasteiger partial charge on any atom is -0.289 e. The van der Waals surface area contributed by atoms with Crippen molar-refractivity contribution in [3.8, 4) is 6.07 Å². The first kappa shape index (κ1) is 20.8. The van der Waals surface area contributed by atoms with E-state index in [9.17, 15) is 27.4 Å². The molecule has 1 heterocycles. The van der Waals surface area contributed by atoms with Crippen molar-refractivity contribution in [2.45, 2.75) is 18.0 Å². The van der Waals surface area contributed by atoms with Crippen molar-refractivity contribution in [2.75, 3.05) is 11.2 Å². The molecular weight excluding hydrogens is 429 g/mol. The Morgan fingerprint density at radius 3 is 2.66 bits per heavy atom. The number of anilines is 1. The van der Waals surface area contributed by atoms with Gasteiger partial charge in [0.25, 0.3) is 5.56 Å². The van der Waals surface area contributed by atoms with E-state index < -0.39 is 28.1 Å². The second-order valence-electron chi connectivity index (χ2n) is 5.84. The molecule has 6 nitrogen and oxygen atoms in total. The molecule has 1 unspecified atom stereocenters. The molecule has 0 spiro atoms. The van der Waals surface area contributed by atoms with Gasteiger partial charge in [0.2, 0.25) is 0 Å². The smallest absolute Gasteiger partial charge is 0.289 e. The zero-order valence-corrected chi connectivity index (χ0v) is 16.3. The van der Waals surface area contributed by atoms with Crippen LogP contribution in [0.2, 0.25) is 5.02 Å². The summed E-state index contributed by atoms with van der Waals surface area (Å²) >= 11 is 6.00. The molecular formula is C18H12ClF3N4O2S. The number of fused-ring (bicyclic) bond motifs is 1. The minimum absolute atomic E-state index is 0.0761. The summed E-state index contributed by atoms with van der Waals surface area (Å²) in [6.07, 6.45) is -3.52. The Bertz CT molecular complexity index is 1230. The fourth-order valence-electron chi connectivity index (χ4n) is 2.58. The van der Waals surface area contributed by atoms with Crippen molar-refractivity contribution in [1.82, 2.24) is 9.66 Å². The average molecular weight is 441 g/mol. The van der Waals surface area contributed by atoms with E-state index in [0.717, 1.165) is 29.2 Å². The molecule has 3 rings (SSSR count). The first-order valence-corrected chi connectivity index (χ1v) is 9.83. The van der Waals surface area contributed by atoms with Gasteiger partial charge in [-0.3, -0.25) is 14.4 Å². The van der Waals surface area contributed by atoms with Crippen molar-refractivity contribution in [3.63, 3.8) is 0 Å². The van der Waals surface area contributed by atoms with E-state index in [-0.39, 0.29) is 37.8 Å². The summed E-state index contributed by atoms with van der Waals surface area (Å²) < 4.78 is 52.1. The topological polar surface area (TPSA) is 87.8 Å². The van der Waals surface area contributed by atoms with Gasteiger partial charge in [0.05, 0.1) is 48.4 Å². The quantitative estimate of drug-likeness (QED) is 0.663. The van der Waals surface area contributed by atoms with Gasteiger partial charge in [-0.25, -0.2) is 9.66 Å². The maximum absolute atomic E-state index is 13.0. The van der Waals surface area contributed by atoms with Crippen LogP contribution in [-0.4, -0.2) is 19.6 Å². The van der Waals surface area contributed by atoms with Gasteiger partial charge in [0.1, 0.15) is 12.4 Å². The highest BCUT2D eigenvalue weighted by Crippen LogP contribution is 2.31. The molecule has 0 aliphatic carbocycles. The Hall–Kier alpha value is -2.90. The van der Waals surface area contributed by atoms with E-state index in [1.165, 1.54) is 12.1 Å². The van der Waals surface area contributed by atoms with E-state index >= 15 is 0 Å². The molecule has 0 fully saturated rings. The van der Waals surface area contributed by atoms with Gasteiger partial charge in [0.15, 0.2) is 0 Å². The molecule has 0 amide bonds. The zero-order valence-electron chi connectivity index (χ0n) is 14.7. The summed E-state index contributed by atoms with van der Waals surface area (Å²) in [5.74, 6) is 0.247. The lowest BCUT2D eigenvalue weighted by atomic mass is 10.1. The third kappa shape index (κ3) is 4.11. The number of nitrogens with one attached hydrogen (secondary N) is 1. The zero-order chi connectivity index (χ0) is 21.3. The van der Waals surface area contributed by atoms with E-state index in [2.05, 4.69) is 10.4 Å². The van der Waals surface area contributed by atoms with Crippen LogP contribution in [0.5, 0.6) is 0 Å². The van der Waals surface area contributed by atoms with Crippen LogP contribution in [0.1, 0.15) is 18.1 Å². The number of benzene rings is 2. The molecule has 0 aliphatic heterocycles. The molecule has 1 aromatic heterocycles. The molecule has 1 N–H and O–H groups in total. The normalized spacial score (nSPS) is 12.6. The lowest BCUT2D eigenvalue weighted by Crippen LogP contribution is -2.27. The molecule has 3 aromatic rings. The molecule has 2 aromatic carbocycles. The van der Waals surface area contributed by atoms with Gasteiger partial charge in [-0.05, 0) is 30.3 Å². The number of rotatable bonds is 4. The molecule has 0 radical (unpaired) electrons. The van der Waals surface area contributed by atoms with Crippen LogP contribution < -0.4 is 11.0 Å². The van der Waals surface area contributed by atoms with Crippen LogP contribution in [0, 0.1) is 11.3 Å². The summed E-state index contributed by atoms with van der Waals surface area (Å²) in [7, 11) is -1.49. The fraction of sp³-hybridized carbons (Fsp3) is 0.167. The third-order valence-electron chi connectivity index (χ3n) is 4.02. The van der Waals surface area contributed by atoms with E-state index in [4.69, 9.17) is 11.6 Å². The van der Waals surface area contributed by atoms with Gasteiger partial charge < -0.3 is 0 Å². The van der Waals surface area contributed by atoms with Crippen LogP contribution in [0.25, 0.3) is 10.9 Å². The van der Waals surface area contributed by atoms with Gasteiger partial charge in [0, 0.05) is 5.75 Å². The molecule has 29 heavy (non-hydrogen) atoms. The van der Waals surface area contributed by atoms with Gasteiger partial charge >= 0.3 is 6.18 Å². The van der Waals surface area contributed by atoms with E-state index in [1.807, 2.05) is 6.07 Å². The fourth-order valence-corrected chi connectivity index (χ4v) is 3.76. The van der Waals surface area contributed by atoms with Crippen LogP contribution in [0.4, 0.5) is 18.9 Å². The summed E-state index contributed by atoms with van der Waals surface area (Å²) in [5, 5.41) is 9.02. The SMILES string of the molecule is CCS(=O)c1cc(Cl)c(C#N)cc1Nn1cnc2ccc(C(F)(F)F)cc2c1=O. The maximum Gasteiger partial charge on any atom is 0.416 e. The monoisotopic (exact) mass is 440 g/mol. The lowest BCUT2D eigenvalue weighted by Gasteiger charge is -2.15. The van der Waals surface area contributed by atoms with Crippen LogP contribution in [0.15, 0.2) is 46.3 Å². The average Bonchev–Trinajstić information content (AvgIpc) is 2.69. The van der Waals surface area contributed by atoms with Gasteiger partial charge in [-0.1, -0.05) is 18.5 Å². The van der Waals surface area contributed by atoms with Crippen LogP contribution in [0.3, 0.4) is 0 Å². The molecule has 0 saturated heterocycles. The summed E-state index contributed by atoms with van der Waals surface area (Å²) in [4.78, 5) is 16.9. The Kier molecular flexibility index (Phi) is 5.64. The maximum atomic E-state index is 13.0. The Morgan fingerprint density at radius 2 is 2.03 bits per heavy atom. The summed E-state index contributed by atoms with van der Waals surface area (Å²) in [6, 6.07) is 7.21. The number of nitrogens with zero attached hydrogens (tertiary/aromatic N) is 3. The molecule has 11 heteroatoms. The van der Waals surface area contributed by atoms with E-state index in [1.54, 1.807) is 6.92 Å². The lowest BCUT2D eigenvalue weighted by molar-refractivity contribution is -0.137. The molecule has 1 atom stereocenters. The minimum atomic E-state index is -4.61. The Morgan fingerprint density at radius 1 is 1.31 bits per heavy atom. The number of hydrogen-bond donors (Lipinski definition) is 1. The van der Waals surface area contributed by atoms with Crippen molar-refractivity contribution in [3.05, 3.63) is 63.2 Å². The standard InChI is InChI=1S/C18H12ClF3N4O2S/c1-2-29(28)16-7-13(19)10(8-23)5-15(16)25-26-9-24-14-4-3-11(18(20,21)22)6-12(14)17(26)27/h3-7,9,25H,2H2,1H3. The molecule has 0 saturated carbocycles. The second kappa shape index (κ2) is 7.85. The van der Waals surface area contributed by atoms with Gasteiger partial charge in [-0.2, -0.15) is 18.4 Å². The van der Waals surface area contributed by atoms with Crippen LogP contribution >= 0.6 is 11.6 Å². The van der Waals surface area contributed by atoms with Crippen molar-refractivity contribution < 1.29 is 17.4 Å². The largest absolute Gasteiger partial charge is 0.416 e. The predicted molar refractivity (Wildman–Crippen MR) is 103 cm³/mol. The van der Waals surface area contributed by atoms with Crippen molar-refractivity contribution >= 4 is 39.0 Å². The number of alkyl halides is 3. The highest BCUT2D eigenvalue weighted by molar-refractivity contribution is 7.85. The van der Waals surface area contributed by atoms with Gasteiger partial charge in [-0.15, -0.1) is 0 Å². The number of halogens is 4. The predicted octanol–water partition coefficient (Wildman–Crippen LogP) is 3.94. The Labute approximate surface area is 170 Å². The number of aromatic nitrogens is 2. The van der Waals surface area contributed by atoms with E-state index in [0.29, 0.717) is 0 Å². The molecule has 0 aliphatic rings. The first-order chi connectivity index (χ1) is 13.7. The number of nitriles is 1. The highest BCUT2D eigenvalue weighted by Gasteiger charge is 2.30. The third-order valence-corrected chi connectivity index (χ3v) is 5.69. The van der Waals surface area contributed by atoms with Crippen LogP contribution in [-0.2, 0) is 17.0 Å². The first-order valence-electron chi connectivity index (χ1n) is 8.13. The number of hydrogen-bond acceptors (Lipinski definition) is 5. The van der Waals surface area contributed by atoms with Crippen molar-refractivity contribution in [2.24, 2.45) is 0 Å². The highest BCUT2D eigenvalue weighted by atomic mass is 35.5. The molecule has 150 valence electrons. The Balaban J connectivity index is 2.16. The second-order valence-corrected chi connectivity index (χ2v) is 7.95. The summed E-state index contributed by atoms with van der Waals surface area (Å²) in [6.45, 7) is 1.68. The van der Waals surface area contributed by atoms with Crippen molar-refractivity contribution in [1.29, 1.82) is 5.26 Å². The molecule has 0 bridgehead atoms. The summed E-state index contributed by atoms with van der Waals surface area (Å²) in [5.41, 5.74) is 1.22.